The van der Waals surface area contributed by atoms with E-state index >= 15 is 0 Å². The minimum Gasteiger partial charge on any atom is -0.481 e. The summed E-state index contributed by atoms with van der Waals surface area (Å²) in [4.78, 5) is 12.5. The largest absolute Gasteiger partial charge is 0.481 e. The first kappa shape index (κ1) is 12.4. The smallest absolute Gasteiger partial charge is 0.304 e. The predicted octanol–water partition coefficient (Wildman–Crippen LogP) is 1.83. The molecule has 3 heteroatoms. The van der Waals surface area contributed by atoms with Gasteiger partial charge < -0.3 is 10.0 Å². The van der Waals surface area contributed by atoms with Gasteiger partial charge >= 0.3 is 5.97 Å². The zero-order valence-electron chi connectivity index (χ0n) is 9.08. The highest BCUT2D eigenvalue weighted by Gasteiger charge is 2.16. The second kappa shape index (κ2) is 5.97. The first-order valence-corrected chi connectivity index (χ1v) is 4.91. The van der Waals surface area contributed by atoms with Crippen molar-refractivity contribution in [3.8, 4) is 0 Å². The molecule has 0 saturated carbocycles. The molecule has 0 fully saturated rings. The lowest BCUT2D eigenvalue weighted by molar-refractivity contribution is -0.137. The Labute approximate surface area is 80.7 Å². The minimum absolute atomic E-state index is 0.236. The standard InChI is InChI=1S/C10H21NO2/c1-5-9(8(2)3)11(4)7-6-10(12)13/h8-9H,5-7H2,1-4H3,(H,12,13). The fourth-order valence-corrected chi connectivity index (χ4v) is 1.73. The Morgan fingerprint density at radius 3 is 2.31 bits per heavy atom. The molecule has 0 bridgehead atoms. The van der Waals surface area contributed by atoms with Crippen molar-refractivity contribution in [2.24, 2.45) is 5.92 Å². The lowest BCUT2D eigenvalue weighted by Gasteiger charge is -2.29. The molecule has 0 rings (SSSR count). The van der Waals surface area contributed by atoms with Crippen LogP contribution >= 0.6 is 0 Å². The summed E-state index contributed by atoms with van der Waals surface area (Å²) in [5, 5.41) is 8.53. The predicted molar refractivity (Wildman–Crippen MR) is 53.8 cm³/mol. The van der Waals surface area contributed by atoms with Crippen molar-refractivity contribution in [1.82, 2.24) is 4.90 Å². The van der Waals surface area contributed by atoms with Gasteiger partial charge in [0, 0.05) is 12.6 Å². The lowest BCUT2D eigenvalue weighted by Crippen LogP contribution is -2.36. The number of carboxylic acids is 1. The van der Waals surface area contributed by atoms with E-state index < -0.39 is 5.97 Å². The second-order valence-electron chi connectivity index (χ2n) is 3.84. The normalized spacial score (nSPS) is 13.7. The van der Waals surface area contributed by atoms with Gasteiger partial charge in [-0.3, -0.25) is 4.79 Å². The van der Waals surface area contributed by atoms with Gasteiger partial charge in [-0.1, -0.05) is 20.8 Å². The van der Waals surface area contributed by atoms with E-state index in [-0.39, 0.29) is 6.42 Å². The topological polar surface area (TPSA) is 40.5 Å². The number of hydrogen-bond donors (Lipinski definition) is 1. The first-order valence-electron chi connectivity index (χ1n) is 4.91. The molecule has 0 spiro atoms. The number of carbonyl (C=O) groups is 1. The maximum atomic E-state index is 10.4. The fraction of sp³-hybridized carbons (Fsp3) is 0.900. The summed E-state index contributed by atoms with van der Waals surface area (Å²) in [5.74, 6) is -0.130. The summed E-state index contributed by atoms with van der Waals surface area (Å²) < 4.78 is 0. The van der Waals surface area contributed by atoms with Crippen molar-refractivity contribution < 1.29 is 9.90 Å². The summed E-state index contributed by atoms with van der Waals surface area (Å²) in [5.41, 5.74) is 0. The summed E-state index contributed by atoms with van der Waals surface area (Å²) in [7, 11) is 2.00. The van der Waals surface area contributed by atoms with Crippen LogP contribution in [-0.4, -0.2) is 35.6 Å². The van der Waals surface area contributed by atoms with Gasteiger partial charge in [0.2, 0.25) is 0 Å². The minimum atomic E-state index is -0.717. The van der Waals surface area contributed by atoms with E-state index in [1.165, 1.54) is 0 Å². The van der Waals surface area contributed by atoms with Crippen molar-refractivity contribution in [2.75, 3.05) is 13.6 Å². The molecule has 78 valence electrons. The molecule has 0 heterocycles. The van der Waals surface area contributed by atoms with Crippen LogP contribution in [0, 0.1) is 5.92 Å². The van der Waals surface area contributed by atoms with Crippen LogP contribution in [0.1, 0.15) is 33.6 Å². The molecular weight excluding hydrogens is 166 g/mol. The van der Waals surface area contributed by atoms with E-state index in [1.54, 1.807) is 0 Å². The van der Waals surface area contributed by atoms with Gasteiger partial charge in [0.25, 0.3) is 0 Å². The fourth-order valence-electron chi connectivity index (χ4n) is 1.73. The zero-order chi connectivity index (χ0) is 10.4. The van der Waals surface area contributed by atoms with Gasteiger partial charge in [0.15, 0.2) is 0 Å². The van der Waals surface area contributed by atoms with Crippen LogP contribution in [0.5, 0.6) is 0 Å². The van der Waals surface area contributed by atoms with Crippen LogP contribution in [0.4, 0.5) is 0 Å². The molecule has 3 nitrogen and oxygen atoms in total. The Balaban J connectivity index is 3.91. The van der Waals surface area contributed by atoms with Crippen LogP contribution < -0.4 is 0 Å². The van der Waals surface area contributed by atoms with Gasteiger partial charge in [-0.2, -0.15) is 0 Å². The number of aliphatic carboxylic acids is 1. The molecule has 0 aromatic rings. The number of carboxylic acid groups (broad SMARTS) is 1. The van der Waals surface area contributed by atoms with Crippen molar-refractivity contribution in [2.45, 2.75) is 39.7 Å². The number of rotatable bonds is 6. The van der Waals surface area contributed by atoms with Crippen molar-refractivity contribution in [1.29, 1.82) is 0 Å². The third-order valence-electron chi connectivity index (χ3n) is 2.43. The molecule has 0 amide bonds. The molecular formula is C10H21NO2. The van der Waals surface area contributed by atoms with E-state index in [2.05, 4.69) is 25.7 Å². The molecule has 0 aliphatic carbocycles. The molecule has 0 radical (unpaired) electrons. The highest BCUT2D eigenvalue weighted by Crippen LogP contribution is 2.12. The van der Waals surface area contributed by atoms with Gasteiger partial charge in [0.1, 0.15) is 0 Å². The molecule has 13 heavy (non-hydrogen) atoms. The number of nitrogens with zero attached hydrogens (tertiary/aromatic N) is 1. The Kier molecular flexibility index (Phi) is 5.71. The Hall–Kier alpha value is -0.570. The second-order valence-corrected chi connectivity index (χ2v) is 3.84. The van der Waals surface area contributed by atoms with E-state index in [0.29, 0.717) is 18.5 Å². The zero-order valence-corrected chi connectivity index (χ0v) is 9.08. The van der Waals surface area contributed by atoms with Crippen LogP contribution in [0.3, 0.4) is 0 Å². The van der Waals surface area contributed by atoms with E-state index in [0.717, 1.165) is 6.42 Å². The highest BCUT2D eigenvalue weighted by molar-refractivity contribution is 5.66. The van der Waals surface area contributed by atoms with Crippen LogP contribution in [-0.2, 0) is 4.79 Å². The van der Waals surface area contributed by atoms with E-state index in [4.69, 9.17) is 5.11 Å². The van der Waals surface area contributed by atoms with Crippen molar-refractivity contribution in [3.63, 3.8) is 0 Å². The van der Waals surface area contributed by atoms with Crippen LogP contribution in [0.2, 0.25) is 0 Å². The highest BCUT2D eigenvalue weighted by atomic mass is 16.4. The average molecular weight is 187 g/mol. The summed E-state index contributed by atoms with van der Waals surface area (Å²) in [6, 6.07) is 0.499. The molecule has 0 aromatic heterocycles. The van der Waals surface area contributed by atoms with E-state index in [9.17, 15) is 4.79 Å². The third kappa shape index (κ3) is 4.88. The molecule has 0 aromatic carbocycles. The van der Waals surface area contributed by atoms with Crippen molar-refractivity contribution in [3.05, 3.63) is 0 Å². The monoisotopic (exact) mass is 187 g/mol. The van der Waals surface area contributed by atoms with Crippen LogP contribution in [0.15, 0.2) is 0 Å². The summed E-state index contributed by atoms with van der Waals surface area (Å²) >= 11 is 0. The quantitative estimate of drug-likeness (QED) is 0.689. The maximum absolute atomic E-state index is 10.4. The van der Waals surface area contributed by atoms with Crippen LogP contribution in [0.25, 0.3) is 0 Å². The van der Waals surface area contributed by atoms with Gasteiger partial charge in [0.05, 0.1) is 6.42 Å². The summed E-state index contributed by atoms with van der Waals surface area (Å²) in [6.07, 6.45) is 1.31. The number of hydrogen-bond acceptors (Lipinski definition) is 2. The molecule has 1 N–H and O–H groups in total. The average Bonchev–Trinajstić information content (AvgIpc) is 2.01. The Morgan fingerprint density at radius 2 is 2.00 bits per heavy atom. The third-order valence-corrected chi connectivity index (χ3v) is 2.43. The first-order chi connectivity index (χ1) is 5.99. The maximum Gasteiger partial charge on any atom is 0.304 e. The van der Waals surface area contributed by atoms with Gasteiger partial charge in [-0.15, -0.1) is 0 Å². The lowest BCUT2D eigenvalue weighted by atomic mass is 10.0. The SMILES string of the molecule is CCC(C(C)C)N(C)CCC(=O)O. The van der Waals surface area contributed by atoms with Crippen molar-refractivity contribution >= 4 is 5.97 Å². The van der Waals surface area contributed by atoms with Gasteiger partial charge in [-0.05, 0) is 19.4 Å². The molecule has 0 aliphatic rings. The summed E-state index contributed by atoms with van der Waals surface area (Å²) in [6.45, 7) is 7.13. The molecule has 0 saturated heterocycles. The van der Waals surface area contributed by atoms with Gasteiger partial charge in [-0.25, -0.2) is 0 Å². The molecule has 1 atom stereocenters. The van der Waals surface area contributed by atoms with E-state index in [1.807, 2.05) is 7.05 Å². The molecule has 1 unspecified atom stereocenters. The molecule has 0 aliphatic heterocycles. The Bertz CT molecular complexity index is 157. The Morgan fingerprint density at radius 1 is 1.46 bits per heavy atom.